The lowest BCUT2D eigenvalue weighted by Gasteiger charge is -2.10. The minimum Gasteiger partial charge on any atom is -0.452 e. The summed E-state index contributed by atoms with van der Waals surface area (Å²) in [6.07, 6.45) is 2.69. The Morgan fingerprint density at radius 3 is 2.55 bits per heavy atom. The van der Waals surface area contributed by atoms with Gasteiger partial charge in [0.1, 0.15) is 5.82 Å². The van der Waals surface area contributed by atoms with E-state index in [-0.39, 0.29) is 16.4 Å². The number of carbonyl (C=O) groups excluding carboxylic acids is 2. The molecule has 6 nitrogen and oxygen atoms in total. The number of hydrogen-bond acceptors (Lipinski definition) is 5. The maximum absolute atomic E-state index is 13.2. The van der Waals surface area contributed by atoms with E-state index in [4.69, 9.17) is 4.74 Å². The van der Waals surface area contributed by atoms with Crippen LogP contribution in [0.5, 0.6) is 0 Å². The largest absolute Gasteiger partial charge is 0.452 e. The van der Waals surface area contributed by atoms with Gasteiger partial charge in [-0.2, -0.15) is 13.9 Å². The summed E-state index contributed by atoms with van der Waals surface area (Å²) in [7, 11) is 0. The van der Waals surface area contributed by atoms with Crippen LogP contribution in [0.25, 0.3) is 11.8 Å². The molecule has 172 valence electrons. The number of esters is 1. The van der Waals surface area contributed by atoms with E-state index in [1.54, 1.807) is 42.8 Å². The molecular formula is C23H20F3N3O3S. The SMILES string of the molecule is Cc1nn(-c2ccc(F)cc2)c(C)c1/C=C/C(=O)OCC(=O)Nc1ccccc1SC(F)F. The number of para-hydroxylation sites is 1. The van der Waals surface area contributed by atoms with Crippen LogP contribution in [0.15, 0.2) is 59.5 Å². The van der Waals surface area contributed by atoms with E-state index in [0.29, 0.717) is 28.7 Å². The summed E-state index contributed by atoms with van der Waals surface area (Å²) in [6, 6.07) is 11.9. The molecule has 0 saturated carbocycles. The smallest absolute Gasteiger partial charge is 0.331 e. The maximum Gasteiger partial charge on any atom is 0.331 e. The number of carbonyl (C=O) groups is 2. The van der Waals surface area contributed by atoms with Gasteiger partial charge < -0.3 is 10.1 Å². The predicted molar refractivity (Wildman–Crippen MR) is 120 cm³/mol. The van der Waals surface area contributed by atoms with Crippen LogP contribution in [0.1, 0.15) is 17.0 Å². The maximum atomic E-state index is 13.2. The van der Waals surface area contributed by atoms with E-state index in [1.165, 1.54) is 36.4 Å². The second kappa shape index (κ2) is 10.9. The van der Waals surface area contributed by atoms with Gasteiger partial charge in [0.05, 0.1) is 17.1 Å². The quantitative estimate of drug-likeness (QED) is 0.278. The van der Waals surface area contributed by atoms with E-state index in [2.05, 4.69) is 10.4 Å². The van der Waals surface area contributed by atoms with Gasteiger partial charge in [-0.25, -0.2) is 13.9 Å². The highest BCUT2D eigenvalue weighted by Crippen LogP contribution is 2.31. The zero-order valence-electron chi connectivity index (χ0n) is 17.7. The number of nitrogens with one attached hydrogen (secondary N) is 1. The zero-order chi connectivity index (χ0) is 24.0. The number of rotatable bonds is 8. The van der Waals surface area contributed by atoms with Gasteiger partial charge in [-0.1, -0.05) is 23.9 Å². The zero-order valence-corrected chi connectivity index (χ0v) is 18.5. The number of hydrogen-bond donors (Lipinski definition) is 1. The highest BCUT2D eigenvalue weighted by Gasteiger charge is 2.14. The molecule has 1 amide bonds. The monoisotopic (exact) mass is 475 g/mol. The van der Waals surface area contributed by atoms with Crippen molar-refractivity contribution in [1.29, 1.82) is 0 Å². The van der Waals surface area contributed by atoms with Crippen LogP contribution in [0.2, 0.25) is 0 Å². The predicted octanol–water partition coefficient (Wildman–Crippen LogP) is 5.14. The number of aryl methyl sites for hydroxylation is 1. The number of aromatic nitrogens is 2. The van der Waals surface area contributed by atoms with Gasteiger partial charge in [0.2, 0.25) is 0 Å². The second-order valence-corrected chi connectivity index (χ2v) is 7.87. The molecule has 0 radical (unpaired) electrons. The summed E-state index contributed by atoms with van der Waals surface area (Å²) in [4.78, 5) is 24.3. The van der Waals surface area contributed by atoms with E-state index in [9.17, 15) is 22.8 Å². The van der Waals surface area contributed by atoms with Gasteiger partial charge in [0, 0.05) is 22.2 Å². The van der Waals surface area contributed by atoms with E-state index < -0.39 is 24.2 Å². The Kier molecular flexibility index (Phi) is 7.94. The summed E-state index contributed by atoms with van der Waals surface area (Å²) < 4.78 is 45.0. The van der Waals surface area contributed by atoms with Crippen LogP contribution < -0.4 is 5.32 Å². The summed E-state index contributed by atoms with van der Waals surface area (Å²) >= 11 is 0.307. The number of benzene rings is 2. The van der Waals surface area contributed by atoms with Crippen LogP contribution in [-0.2, 0) is 14.3 Å². The van der Waals surface area contributed by atoms with E-state index in [0.717, 1.165) is 5.69 Å². The van der Waals surface area contributed by atoms with Gasteiger partial charge in [-0.15, -0.1) is 0 Å². The summed E-state index contributed by atoms with van der Waals surface area (Å²) in [6.45, 7) is 2.99. The Hall–Kier alpha value is -3.53. The Labute approximate surface area is 192 Å². The van der Waals surface area contributed by atoms with E-state index in [1.807, 2.05) is 0 Å². The molecular weight excluding hydrogens is 455 g/mol. The van der Waals surface area contributed by atoms with Gasteiger partial charge in [0.25, 0.3) is 11.7 Å². The summed E-state index contributed by atoms with van der Waals surface area (Å²) in [5.74, 6) is -4.40. The molecule has 1 N–H and O–H groups in total. The third kappa shape index (κ3) is 6.48. The summed E-state index contributed by atoms with van der Waals surface area (Å²) in [5.41, 5.74) is 2.93. The van der Waals surface area contributed by atoms with Crippen LogP contribution >= 0.6 is 11.8 Å². The fourth-order valence-corrected chi connectivity index (χ4v) is 3.62. The molecule has 0 unspecified atom stereocenters. The topological polar surface area (TPSA) is 73.2 Å². The number of nitrogens with zero attached hydrogens (tertiary/aromatic N) is 2. The van der Waals surface area contributed by atoms with Crippen molar-refractivity contribution in [2.45, 2.75) is 24.5 Å². The fourth-order valence-electron chi connectivity index (χ4n) is 3.02. The first-order chi connectivity index (χ1) is 15.7. The Morgan fingerprint density at radius 2 is 1.85 bits per heavy atom. The van der Waals surface area contributed by atoms with Gasteiger partial charge in [0.15, 0.2) is 6.61 Å². The normalized spacial score (nSPS) is 11.2. The summed E-state index contributed by atoms with van der Waals surface area (Å²) in [5, 5.41) is 6.86. The molecule has 3 rings (SSSR count). The molecule has 0 spiro atoms. The highest BCUT2D eigenvalue weighted by molar-refractivity contribution is 7.99. The molecule has 0 saturated heterocycles. The fraction of sp³-hybridized carbons (Fsp3) is 0.174. The van der Waals surface area contributed by atoms with Crippen molar-refractivity contribution in [2.75, 3.05) is 11.9 Å². The van der Waals surface area contributed by atoms with Gasteiger partial charge in [-0.05, 0) is 56.3 Å². The van der Waals surface area contributed by atoms with Gasteiger partial charge in [-0.3, -0.25) is 4.79 Å². The lowest BCUT2D eigenvalue weighted by atomic mass is 10.2. The lowest BCUT2D eigenvalue weighted by molar-refractivity contribution is -0.142. The minimum atomic E-state index is -2.63. The van der Waals surface area contributed by atoms with Gasteiger partial charge >= 0.3 is 5.97 Å². The number of ether oxygens (including phenoxy) is 1. The molecule has 0 aliphatic carbocycles. The molecule has 0 fully saturated rings. The van der Waals surface area contributed by atoms with Crippen molar-refractivity contribution in [2.24, 2.45) is 0 Å². The Morgan fingerprint density at radius 1 is 1.15 bits per heavy atom. The third-order valence-electron chi connectivity index (χ3n) is 4.53. The molecule has 1 aromatic heterocycles. The molecule has 0 atom stereocenters. The van der Waals surface area contributed by atoms with Crippen molar-refractivity contribution in [3.8, 4) is 5.69 Å². The van der Waals surface area contributed by atoms with Crippen LogP contribution in [-0.4, -0.2) is 34.0 Å². The number of alkyl halides is 2. The molecule has 3 aromatic rings. The molecule has 10 heteroatoms. The van der Waals surface area contributed by atoms with E-state index >= 15 is 0 Å². The Bertz CT molecular complexity index is 1180. The average molecular weight is 475 g/mol. The molecule has 1 heterocycles. The van der Waals surface area contributed by atoms with Crippen molar-refractivity contribution < 1.29 is 27.5 Å². The van der Waals surface area contributed by atoms with Crippen LogP contribution in [0, 0.1) is 19.7 Å². The third-order valence-corrected chi connectivity index (χ3v) is 5.32. The average Bonchev–Trinajstić information content (AvgIpc) is 3.05. The number of halogens is 3. The first-order valence-electron chi connectivity index (χ1n) is 9.75. The standard InChI is InChI=1S/C23H20F3N3O3S/c1-14-18(15(2)29(28-14)17-9-7-16(24)8-10-17)11-12-22(31)32-13-21(30)27-19-5-3-4-6-20(19)33-23(25)26/h3-12,23H,13H2,1-2H3,(H,27,30)/b12-11+. The molecule has 0 aliphatic heterocycles. The number of amides is 1. The van der Waals surface area contributed by atoms with Crippen LogP contribution in [0.3, 0.4) is 0 Å². The molecule has 0 bridgehead atoms. The van der Waals surface area contributed by atoms with Crippen LogP contribution in [0.4, 0.5) is 18.9 Å². The second-order valence-electron chi connectivity index (χ2n) is 6.84. The minimum absolute atomic E-state index is 0.205. The Balaban J connectivity index is 1.60. The first kappa shape index (κ1) is 24.1. The molecule has 33 heavy (non-hydrogen) atoms. The van der Waals surface area contributed by atoms with Crippen molar-refractivity contribution in [3.63, 3.8) is 0 Å². The van der Waals surface area contributed by atoms with Crippen molar-refractivity contribution in [1.82, 2.24) is 9.78 Å². The lowest BCUT2D eigenvalue weighted by Crippen LogP contribution is -2.20. The highest BCUT2D eigenvalue weighted by atomic mass is 32.2. The number of thioether (sulfide) groups is 1. The molecule has 2 aromatic carbocycles. The number of anilines is 1. The van der Waals surface area contributed by atoms with Crippen molar-refractivity contribution in [3.05, 3.63) is 77.4 Å². The first-order valence-corrected chi connectivity index (χ1v) is 10.6. The van der Waals surface area contributed by atoms with Crippen molar-refractivity contribution >= 4 is 35.4 Å². The molecule has 0 aliphatic rings.